The molecule has 0 bridgehead atoms. The molecule has 8 heteroatoms. The zero-order chi connectivity index (χ0) is 23.0. The highest BCUT2D eigenvalue weighted by Gasteiger charge is 2.30. The van der Waals surface area contributed by atoms with Gasteiger partial charge in [0.1, 0.15) is 11.3 Å². The number of fused-ring (bicyclic) bond motifs is 1. The van der Waals surface area contributed by atoms with E-state index >= 15 is 0 Å². The van der Waals surface area contributed by atoms with Crippen molar-refractivity contribution in [3.63, 3.8) is 0 Å². The molecular formula is C24H32Cl2N6. The minimum Gasteiger partial charge on any atom is -0.355 e. The number of halogens is 2. The first-order valence-electron chi connectivity index (χ1n) is 11.5. The molecule has 172 valence electrons. The van der Waals surface area contributed by atoms with Crippen molar-refractivity contribution in [1.82, 2.24) is 24.6 Å². The summed E-state index contributed by atoms with van der Waals surface area (Å²) in [6.07, 6.45) is 3.03. The van der Waals surface area contributed by atoms with E-state index in [9.17, 15) is 0 Å². The van der Waals surface area contributed by atoms with Gasteiger partial charge in [-0.25, -0.2) is 14.6 Å². The fourth-order valence-electron chi connectivity index (χ4n) is 5.01. The van der Waals surface area contributed by atoms with Crippen LogP contribution in [0.15, 0.2) is 24.4 Å². The Morgan fingerprint density at radius 2 is 1.97 bits per heavy atom. The summed E-state index contributed by atoms with van der Waals surface area (Å²) in [5, 5.41) is 6.01. The fraction of sp³-hybridized carbons (Fsp3) is 0.542. The van der Waals surface area contributed by atoms with Gasteiger partial charge in [0.25, 0.3) is 0 Å². The Labute approximate surface area is 200 Å². The van der Waals surface area contributed by atoms with E-state index in [2.05, 4.69) is 37.5 Å². The third-order valence-electron chi connectivity index (χ3n) is 6.80. The Morgan fingerprint density at radius 1 is 1.22 bits per heavy atom. The van der Waals surface area contributed by atoms with Crippen LogP contribution < -0.4 is 4.90 Å². The number of piperidine rings is 1. The third-order valence-corrected chi connectivity index (χ3v) is 7.37. The number of aryl methyl sites for hydroxylation is 1. The molecule has 0 spiro atoms. The smallest absolute Gasteiger partial charge is 0.179 e. The minimum absolute atomic E-state index is 0.0900. The van der Waals surface area contributed by atoms with Gasteiger partial charge in [-0.15, -0.1) is 0 Å². The molecule has 0 aliphatic carbocycles. The summed E-state index contributed by atoms with van der Waals surface area (Å²) in [5.41, 5.74) is 3.44. The van der Waals surface area contributed by atoms with Gasteiger partial charge in [0.15, 0.2) is 5.65 Å². The average Bonchev–Trinajstić information content (AvgIpc) is 3.11. The van der Waals surface area contributed by atoms with E-state index in [0.29, 0.717) is 22.0 Å². The molecule has 0 saturated carbocycles. The number of nitrogens with zero attached hydrogens (tertiary/aromatic N) is 6. The molecule has 0 N–H and O–H groups in total. The number of rotatable bonds is 6. The molecule has 1 aliphatic heterocycles. The molecule has 3 atom stereocenters. The van der Waals surface area contributed by atoms with Crippen molar-refractivity contribution < 1.29 is 0 Å². The molecule has 1 aromatic carbocycles. The van der Waals surface area contributed by atoms with Gasteiger partial charge in [-0.1, -0.05) is 50.0 Å². The molecule has 1 saturated heterocycles. The Balaban J connectivity index is 1.65. The van der Waals surface area contributed by atoms with Gasteiger partial charge in [0, 0.05) is 29.2 Å². The highest BCUT2D eigenvalue weighted by molar-refractivity contribution is 6.35. The van der Waals surface area contributed by atoms with E-state index in [1.54, 1.807) is 6.07 Å². The molecule has 4 rings (SSSR count). The van der Waals surface area contributed by atoms with E-state index in [-0.39, 0.29) is 6.04 Å². The van der Waals surface area contributed by atoms with Crippen LogP contribution in [-0.4, -0.2) is 56.9 Å². The minimum atomic E-state index is -0.0900. The molecule has 32 heavy (non-hydrogen) atoms. The molecular weight excluding hydrogens is 443 g/mol. The lowest BCUT2D eigenvalue weighted by molar-refractivity contribution is 0.141. The van der Waals surface area contributed by atoms with Crippen LogP contribution >= 0.6 is 23.2 Å². The number of aromatic nitrogens is 4. The molecule has 0 radical (unpaired) electrons. The summed E-state index contributed by atoms with van der Waals surface area (Å²) in [7, 11) is 0. The van der Waals surface area contributed by atoms with Gasteiger partial charge in [0.05, 0.1) is 17.9 Å². The van der Waals surface area contributed by atoms with E-state index in [0.717, 1.165) is 60.8 Å². The highest BCUT2D eigenvalue weighted by Crippen LogP contribution is 2.32. The summed E-state index contributed by atoms with van der Waals surface area (Å²) in [6, 6.07) is 6.11. The van der Waals surface area contributed by atoms with Crippen LogP contribution in [0.5, 0.6) is 0 Å². The van der Waals surface area contributed by atoms with Crippen LogP contribution in [0, 0.1) is 12.8 Å². The predicted octanol–water partition coefficient (Wildman–Crippen LogP) is 5.61. The SMILES string of the molecule is CCN(CC)C1CCN(c2cnc3c(C)nn(C(C)c4ccc(Cl)cc4Cl)c3n2)CC1C. The largest absolute Gasteiger partial charge is 0.355 e. The number of hydrogen-bond donors (Lipinski definition) is 0. The zero-order valence-electron chi connectivity index (χ0n) is 19.5. The van der Waals surface area contributed by atoms with Crippen LogP contribution in [0.4, 0.5) is 5.82 Å². The number of hydrogen-bond acceptors (Lipinski definition) is 5. The monoisotopic (exact) mass is 474 g/mol. The van der Waals surface area contributed by atoms with E-state index < -0.39 is 0 Å². The summed E-state index contributed by atoms with van der Waals surface area (Å²) in [5.74, 6) is 1.48. The Morgan fingerprint density at radius 3 is 2.62 bits per heavy atom. The molecule has 0 amide bonds. The van der Waals surface area contributed by atoms with Crippen molar-refractivity contribution in [2.75, 3.05) is 31.1 Å². The molecule has 6 nitrogen and oxygen atoms in total. The van der Waals surface area contributed by atoms with Gasteiger partial charge >= 0.3 is 0 Å². The summed E-state index contributed by atoms with van der Waals surface area (Å²) < 4.78 is 1.93. The first-order chi connectivity index (χ1) is 15.3. The maximum absolute atomic E-state index is 6.49. The van der Waals surface area contributed by atoms with Crippen molar-refractivity contribution in [2.24, 2.45) is 5.92 Å². The van der Waals surface area contributed by atoms with Gasteiger partial charge in [-0.2, -0.15) is 5.10 Å². The standard InChI is InChI=1S/C24H32Cl2N6/c1-6-30(7-2)21-10-11-31(14-15(21)3)22-13-27-23-16(4)29-32(24(23)28-22)17(5)19-9-8-18(25)12-20(19)26/h8-9,12-13,15,17,21H,6-7,10-11,14H2,1-5H3. The number of benzene rings is 1. The molecule has 1 aliphatic rings. The molecule has 3 heterocycles. The van der Waals surface area contributed by atoms with Crippen molar-refractivity contribution in [3.05, 3.63) is 45.7 Å². The Bertz CT molecular complexity index is 1090. The zero-order valence-corrected chi connectivity index (χ0v) is 21.0. The summed E-state index contributed by atoms with van der Waals surface area (Å²) in [6.45, 7) is 15.1. The summed E-state index contributed by atoms with van der Waals surface area (Å²) >= 11 is 12.6. The van der Waals surface area contributed by atoms with Gasteiger partial charge in [-0.3, -0.25) is 0 Å². The van der Waals surface area contributed by atoms with Crippen molar-refractivity contribution in [2.45, 2.75) is 53.1 Å². The van der Waals surface area contributed by atoms with E-state index in [1.807, 2.05) is 29.9 Å². The maximum atomic E-state index is 6.49. The number of anilines is 1. The average molecular weight is 475 g/mol. The van der Waals surface area contributed by atoms with Crippen LogP contribution in [0.2, 0.25) is 10.0 Å². The van der Waals surface area contributed by atoms with Gasteiger partial charge < -0.3 is 9.80 Å². The van der Waals surface area contributed by atoms with Crippen LogP contribution in [0.25, 0.3) is 11.2 Å². The molecule has 2 aromatic heterocycles. The van der Waals surface area contributed by atoms with Crippen molar-refractivity contribution >= 4 is 40.2 Å². The first kappa shape index (κ1) is 23.3. The fourth-order valence-corrected chi connectivity index (χ4v) is 5.58. The normalized spacial score (nSPS) is 20.3. The lowest BCUT2D eigenvalue weighted by Crippen LogP contribution is -2.50. The molecule has 3 aromatic rings. The molecule has 3 unspecified atom stereocenters. The Hall–Kier alpha value is -1.89. The lowest BCUT2D eigenvalue weighted by atomic mass is 9.92. The quantitative estimate of drug-likeness (QED) is 0.464. The second-order valence-corrected chi connectivity index (χ2v) is 9.62. The van der Waals surface area contributed by atoms with Crippen molar-refractivity contribution in [3.8, 4) is 0 Å². The summed E-state index contributed by atoms with van der Waals surface area (Å²) in [4.78, 5) is 14.7. The van der Waals surface area contributed by atoms with Crippen LogP contribution in [-0.2, 0) is 0 Å². The third kappa shape index (κ3) is 4.33. The lowest BCUT2D eigenvalue weighted by Gasteiger charge is -2.42. The molecule has 1 fully saturated rings. The van der Waals surface area contributed by atoms with Crippen LogP contribution in [0.1, 0.15) is 51.4 Å². The second kappa shape index (κ2) is 9.54. The van der Waals surface area contributed by atoms with Crippen LogP contribution in [0.3, 0.4) is 0 Å². The van der Waals surface area contributed by atoms with Gasteiger partial charge in [-0.05, 0) is 57.0 Å². The van der Waals surface area contributed by atoms with Crippen molar-refractivity contribution in [1.29, 1.82) is 0 Å². The van der Waals surface area contributed by atoms with E-state index in [4.69, 9.17) is 38.3 Å². The van der Waals surface area contributed by atoms with Gasteiger partial charge in [0.2, 0.25) is 0 Å². The van der Waals surface area contributed by atoms with E-state index in [1.165, 1.54) is 0 Å². The predicted molar refractivity (Wildman–Crippen MR) is 133 cm³/mol. The highest BCUT2D eigenvalue weighted by atomic mass is 35.5. The second-order valence-electron chi connectivity index (χ2n) is 8.77. The topological polar surface area (TPSA) is 50.1 Å². The maximum Gasteiger partial charge on any atom is 0.179 e. The Kier molecular flexibility index (Phi) is 6.94. The first-order valence-corrected chi connectivity index (χ1v) is 12.2.